The van der Waals surface area contributed by atoms with Gasteiger partial charge in [0.15, 0.2) is 0 Å². The molecule has 0 heterocycles. The molecular weight excluding hydrogens is 258 g/mol. The smallest absolute Gasteiger partial charge is 0.0554 e. The molecule has 3 rings (SSSR count). The summed E-state index contributed by atoms with van der Waals surface area (Å²) in [6.07, 6.45) is 7.59. The second-order valence-corrected chi connectivity index (χ2v) is 5.37. The van der Waals surface area contributed by atoms with Gasteiger partial charge in [0.05, 0.1) is 11.4 Å². The van der Waals surface area contributed by atoms with Crippen molar-refractivity contribution in [3.05, 3.63) is 71.8 Å². The minimum absolute atomic E-state index is 0.403. The molecule has 6 N–H and O–H groups in total. The van der Waals surface area contributed by atoms with Crippen LogP contribution in [0.15, 0.2) is 60.7 Å². The third-order valence-electron chi connectivity index (χ3n) is 3.88. The van der Waals surface area contributed by atoms with Gasteiger partial charge in [0.1, 0.15) is 0 Å². The molecule has 2 aromatic carbocycles. The molecule has 0 amide bonds. The van der Waals surface area contributed by atoms with Crippen molar-refractivity contribution in [2.45, 2.75) is 12.3 Å². The molecule has 0 bridgehead atoms. The van der Waals surface area contributed by atoms with Crippen molar-refractivity contribution in [2.75, 3.05) is 17.2 Å². The summed E-state index contributed by atoms with van der Waals surface area (Å²) >= 11 is 0. The quantitative estimate of drug-likeness (QED) is 0.734. The fourth-order valence-corrected chi connectivity index (χ4v) is 2.58. The molecule has 1 aliphatic carbocycles. The number of hydrogen-bond acceptors (Lipinski definition) is 3. The molecule has 1 atom stereocenters. The van der Waals surface area contributed by atoms with Gasteiger partial charge in [-0.05, 0) is 47.4 Å². The molecule has 2 aromatic rings. The van der Waals surface area contributed by atoms with Gasteiger partial charge < -0.3 is 17.2 Å². The van der Waals surface area contributed by atoms with E-state index < -0.39 is 0 Å². The monoisotopic (exact) mass is 277 g/mol. The Bertz CT molecular complexity index is 712. The van der Waals surface area contributed by atoms with E-state index in [9.17, 15) is 0 Å². The number of rotatable bonds is 2. The predicted molar refractivity (Wildman–Crippen MR) is 90.6 cm³/mol. The third kappa shape index (κ3) is 2.77. The Morgan fingerprint density at radius 3 is 2.24 bits per heavy atom. The SMILES string of the molecule is Nc1ccc(C2C=CC(c3ccc(N)c(N)c3)=CC2)cc1. The van der Waals surface area contributed by atoms with Gasteiger partial charge in [0.25, 0.3) is 0 Å². The lowest BCUT2D eigenvalue weighted by atomic mass is 9.88. The van der Waals surface area contributed by atoms with Gasteiger partial charge >= 0.3 is 0 Å². The summed E-state index contributed by atoms with van der Waals surface area (Å²) in [6, 6.07) is 13.9. The molecule has 1 aliphatic rings. The lowest BCUT2D eigenvalue weighted by molar-refractivity contribution is 0.857. The van der Waals surface area contributed by atoms with Crippen LogP contribution in [0.2, 0.25) is 0 Å². The maximum absolute atomic E-state index is 5.87. The normalized spacial score (nSPS) is 17.5. The van der Waals surface area contributed by atoms with Crippen LogP contribution in [0.1, 0.15) is 23.5 Å². The van der Waals surface area contributed by atoms with E-state index in [2.05, 4.69) is 30.4 Å². The van der Waals surface area contributed by atoms with Crippen LogP contribution in [0.3, 0.4) is 0 Å². The summed E-state index contributed by atoms with van der Waals surface area (Å²) in [5, 5.41) is 0. The van der Waals surface area contributed by atoms with Gasteiger partial charge in [-0.2, -0.15) is 0 Å². The molecule has 3 heteroatoms. The van der Waals surface area contributed by atoms with Crippen molar-refractivity contribution in [1.29, 1.82) is 0 Å². The first-order valence-corrected chi connectivity index (χ1v) is 7.02. The van der Waals surface area contributed by atoms with E-state index in [0.29, 0.717) is 17.3 Å². The summed E-state index contributed by atoms with van der Waals surface area (Å²) in [7, 11) is 0. The first kappa shape index (κ1) is 13.3. The Balaban J connectivity index is 1.79. The molecular formula is C18H19N3. The van der Waals surface area contributed by atoms with Crippen molar-refractivity contribution in [3.8, 4) is 0 Å². The first-order chi connectivity index (χ1) is 10.1. The van der Waals surface area contributed by atoms with Gasteiger partial charge in [-0.3, -0.25) is 0 Å². The summed E-state index contributed by atoms with van der Waals surface area (Å²) < 4.78 is 0. The molecule has 106 valence electrons. The highest BCUT2D eigenvalue weighted by Gasteiger charge is 2.12. The fourth-order valence-electron chi connectivity index (χ4n) is 2.58. The van der Waals surface area contributed by atoms with E-state index >= 15 is 0 Å². The zero-order chi connectivity index (χ0) is 14.8. The van der Waals surface area contributed by atoms with Crippen molar-refractivity contribution in [1.82, 2.24) is 0 Å². The molecule has 0 spiro atoms. The predicted octanol–water partition coefficient (Wildman–Crippen LogP) is 3.56. The summed E-state index contributed by atoms with van der Waals surface area (Å²) in [5.74, 6) is 0.403. The van der Waals surface area contributed by atoms with E-state index in [-0.39, 0.29) is 0 Å². The molecule has 0 saturated heterocycles. The Labute approximate surface area is 124 Å². The second kappa shape index (κ2) is 5.37. The standard InChI is InChI=1S/C18H19N3/c19-16-8-5-13(6-9-16)12-1-3-14(4-2-12)15-7-10-17(20)18(21)11-15/h1,3-12H,2,19-21H2. The molecule has 21 heavy (non-hydrogen) atoms. The van der Waals surface area contributed by atoms with Crippen LogP contribution < -0.4 is 17.2 Å². The van der Waals surface area contributed by atoms with Crippen LogP contribution in [0.25, 0.3) is 5.57 Å². The molecule has 0 fully saturated rings. The molecule has 3 nitrogen and oxygen atoms in total. The number of hydrogen-bond donors (Lipinski definition) is 3. The van der Waals surface area contributed by atoms with E-state index in [1.807, 2.05) is 30.3 Å². The minimum Gasteiger partial charge on any atom is -0.399 e. The van der Waals surface area contributed by atoms with Crippen LogP contribution in [0, 0.1) is 0 Å². The van der Waals surface area contributed by atoms with E-state index in [1.54, 1.807) is 0 Å². The van der Waals surface area contributed by atoms with Crippen molar-refractivity contribution in [3.63, 3.8) is 0 Å². The van der Waals surface area contributed by atoms with E-state index in [0.717, 1.165) is 17.7 Å². The maximum Gasteiger partial charge on any atom is 0.0554 e. The van der Waals surface area contributed by atoms with Crippen LogP contribution in [0.4, 0.5) is 17.1 Å². The van der Waals surface area contributed by atoms with Crippen LogP contribution in [-0.2, 0) is 0 Å². The van der Waals surface area contributed by atoms with Gasteiger partial charge in [-0.1, -0.05) is 36.4 Å². The zero-order valence-corrected chi connectivity index (χ0v) is 11.8. The summed E-state index contributed by atoms with van der Waals surface area (Å²) in [6.45, 7) is 0. The molecule has 0 saturated carbocycles. The van der Waals surface area contributed by atoms with E-state index in [1.165, 1.54) is 11.1 Å². The van der Waals surface area contributed by atoms with Crippen LogP contribution in [0.5, 0.6) is 0 Å². The number of benzene rings is 2. The summed E-state index contributed by atoms with van der Waals surface area (Å²) in [5.41, 5.74) is 23.0. The largest absolute Gasteiger partial charge is 0.399 e. The van der Waals surface area contributed by atoms with Crippen LogP contribution >= 0.6 is 0 Å². The lowest BCUT2D eigenvalue weighted by Gasteiger charge is -2.17. The van der Waals surface area contributed by atoms with Crippen molar-refractivity contribution in [2.24, 2.45) is 0 Å². The highest BCUT2D eigenvalue weighted by molar-refractivity contribution is 5.79. The van der Waals surface area contributed by atoms with Crippen molar-refractivity contribution < 1.29 is 0 Å². The Morgan fingerprint density at radius 1 is 0.857 bits per heavy atom. The average molecular weight is 277 g/mol. The van der Waals surface area contributed by atoms with Crippen molar-refractivity contribution >= 4 is 22.6 Å². The lowest BCUT2D eigenvalue weighted by Crippen LogP contribution is -2.00. The molecule has 0 radical (unpaired) electrons. The number of nitrogen functional groups attached to an aromatic ring is 3. The number of allylic oxidation sites excluding steroid dienone is 4. The zero-order valence-electron chi connectivity index (χ0n) is 11.8. The summed E-state index contributed by atoms with van der Waals surface area (Å²) in [4.78, 5) is 0. The van der Waals surface area contributed by atoms with Gasteiger partial charge in [-0.15, -0.1) is 0 Å². The maximum atomic E-state index is 5.87. The Hall–Kier alpha value is -2.68. The highest BCUT2D eigenvalue weighted by Crippen LogP contribution is 2.32. The van der Waals surface area contributed by atoms with Gasteiger partial charge in [-0.25, -0.2) is 0 Å². The molecule has 0 aliphatic heterocycles. The topological polar surface area (TPSA) is 78.1 Å². The highest BCUT2D eigenvalue weighted by atomic mass is 14.7. The third-order valence-corrected chi connectivity index (χ3v) is 3.88. The first-order valence-electron chi connectivity index (χ1n) is 7.02. The van der Waals surface area contributed by atoms with Gasteiger partial charge in [0.2, 0.25) is 0 Å². The number of anilines is 3. The fraction of sp³-hybridized carbons (Fsp3) is 0.111. The minimum atomic E-state index is 0.403. The van der Waals surface area contributed by atoms with Crippen LogP contribution in [-0.4, -0.2) is 0 Å². The molecule has 0 aromatic heterocycles. The second-order valence-electron chi connectivity index (χ2n) is 5.37. The number of nitrogens with two attached hydrogens (primary N) is 3. The van der Waals surface area contributed by atoms with E-state index in [4.69, 9.17) is 17.2 Å². The Kier molecular flexibility index (Phi) is 3.40. The molecule has 1 unspecified atom stereocenters. The van der Waals surface area contributed by atoms with Gasteiger partial charge in [0, 0.05) is 11.6 Å². The average Bonchev–Trinajstić information content (AvgIpc) is 2.51. The Morgan fingerprint density at radius 2 is 1.62 bits per heavy atom.